The molecule has 80 valence electrons. The first kappa shape index (κ1) is 13.1. The monoisotopic (exact) mass is 210 g/mol. The molecule has 0 aliphatic rings. The highest BCUT2D eigenvalue weighted by Gasteiger charge is 2.34. The Morgan fingerprint density at radius 1 is 1.23 bits per heavy atom. The van der Waals surface area contributed by atoms with Gasteiger partial charge in [0.25, 0.3) is 0 Å². The van der Waals surface area contributed by atoms with Crippen molar-refractivity contribution in [2.75, 3.05) is 13.2 Å². The van der Waals surface area contributed by atoms with E-state index in [0.29, 0.717) is 13.2 Å². The molecule has 0 saturated carbocycles. The molecule has 4 nitrogen and oxygen atoms in total. The zero-order valence-corrected chi connectivity index (χ0v) is 9.58. The van der Waals surface area contributed by atoms with E-state index in [4.69, 9.17) is 9.05 Å². The highest BCUT2D eigenvalue weighted by atomic mass is 31.2. The maximum atomic E-state index is 12.0. The Hall–Kier alpha value is 0.110. The van der Waals surface area contributed by atoms with Crippen LogP contribution in [0.25, 0.3) is 0 Å². The Morgan fingerprint density at radius 3 is 1.85 bits per heavy atom. The van der Waals surface area contributed by atoms with Crippen LogP contribution in [0.4, 0.5) is 0 Å². The molecule has 2 atom stereocenters. The van der Waals surface area contributed by atoms with Crippen LogP contribution in [0.5, 0.6) is 0 Å². The van der Waals surface area contributed by atoms with Crippen molar-refractivity contribution < 1.29 is 18.7 Å². The van der Waals surface area contributed by atoms with E-state index in [9.17, 15) is 9.67 Å². The predicted octanol–water partition coefficient (Wildman–Crippen LogP) is 2.02. The summed E-state index contributed by atoms with van der Waals surface area (Å²) in [6.07, 6.45) is -0.691. The van der Waals surface area contributed by atoms with Crippen molar-refractivity contribution in [3.8, 4) is 0 Å². The molecule has 0 spiro atoms. The summed E-state index contributed by atoms with van der Waals surface area (Å²) in [5.74, 6) is 0. The van der Waals surface area contributed by atoms with Gasteiger partial charge in [0.15, 0.2) is 0 Å². The quantitative estimate of drug-likeness (QED) is 0.681. The topological polar surface area (TPSA) is 55.8 Å². The van der Waals surface area contributed by atoms with Gasteiger partial charge in [-0.15, -0.1) is 0 Å². The summed E-state index contributed by atoms with van der Waals surface area (Å²) in [6, 6.07) is 0. The van der Waals surface area contributed by atoms with E-state index >= 15 is 0 Å². The minimum absolute atomic E-state index is 0.328. The minimum atomic E-state index is -3.12. The molecule has 2 unspecified atom stereocenters. The molecule has 0 aromatic carbocycles. The summed E-state index contributed by atoms with van der Waals surface area (Å²) < 4.78 is 22.1. The number of hydrogen-bond acceptors (Lipinski definition) is 4. The lowest BCUT2D eigenvalue weighted by Gasteiger charge is -2.24. The second-order valence-corrected chi connectivity index (χ2v) is 5.27. The SMILES string of the molecule is CCOP(=O)(OCC)C(C)C(C)O. The lowest BCUT2D eigenvalue weighted by molar-refractivity contribution is 0.156. The van der Waals surface area contributed by atoms with E-state index in [1.54, 1.807) is 27.7 Å². The Morgan fingerprint density at radius 2 is 1.62 bits per heavy atom. The fourth-order valence-electron chi connectivity index (χ4n) is 0.897. The molecule has 0 aromatic heterocycles. The molecule has 0 rings (SSSR count). The summed E-state index contributed by atoms with van der Waals surface area (Å²) in [5, 5.41) is 9.28. The Kier molecular flexibility index (Phi) is 5.81. The van der Waals surface area contributed by atoms with Crippen molar-refractivity contribution in [2.24, 2.45) is 0 Å². The van der Waals surface area contributed by atoms with Gasteiger partial charge >= 0.3 is 7.60 Å². The van der Waals surface area contributed by atoms with Crippen molar-refractivity contribution in [1.29, 1.82) is 0 Å². The Bertz CT molecular complexity index is 171. The molecule has 0 saturated heterocycles. The number of aliphatic hydroxyl groups excluding tert-OH is 1. The average molecular weight is 210 g/mol. The van der Waals surface area contributed by atoms with Gasteiger partial charge in [0.1, 0.15) is 0 Å². The van der Waals surface area contributed by atoms with E-state index in [1.165, 1.54) is 0 Å². The molecule has 0 aromatic rings. The van der Waals surface area contributed by atoms with Gasteiger partial charge in [-0.1, -0.05) is 0 Å². The van der Waals surface area contributed by atoms with Crippen LogP contribution in [-0.4, -0.2) is 30.1 Å². The molecule has 0 amide bonds. The Balaban J connectivity index is 4.47. The lowest BCUT2D eigenvalue weighted by Crippen LogP contribution is -2.22. The van der Waals surface area contributed by atoms with Crippen LogP contribution in [0.2, 0.25) is 0 Å². The van der Waals surface area contributed by atoms with Crippen LogP contribution in [0, 0.1) is 0 Å². The van der Waals surface area contributed by atoms with Gasteiger partial charge in [-0.3, -0.25) is 4.57 Å². The molecular weight excluding hydrogens is 191 g/mol. The first-order chi connectivity index (χ1) is 5.98. The Labute approximate surface area is 79.8 Å². The third-order valence-electron chi connectivity index (χ3n) is 1.82. The summed E-state index contributed by atoms with van der Waals surface area (Å²) in [5.41, 5.74) is -0.479. The lowest BCUT2D eigenvalue weighted by atomic mass is 10.3. The van der Waals surface area contributed by atoms with Crippen molar-refractivity contribution in [3.05, 3.63) is 0 Å². The van der Waals surface area contributed by atoms with Crippen LogP contribution in [0.3, 0.4) is 0 Å². The molecule has 0 bridgehead atoms. The number of aliphatic hydroxyl groups is 1. The summed E-state index contributed by atoms with van der Waals surface area (Å²) in [6.45, 7) is 7.40. The first-order valence-electron chi connectivity index (χ1n) is 4.54. The molecular formula is C8H19O4P. The van der Waals surface area contributed by atoms with Crippen LogP contribution < -0.4 is 0 Å². The zero-order chi connectivity index (χ0) is 10.5. The molecule has 0 radical (unpaired) electrons. The van der Waals surface area contributed by atoms with Crippen molar-refractivity contribution in [3.63, 3.8) is 0 Å². The molecule has 0 fully saturated rings. The van der Waals surface area contributed by atoms with Gasteiger partial charge in [0.2, 0.25) is 0 Å². The minimum Gasteiger partial charge on any atom is -0.392 e. The third kappa shape index (κ3) is 3.77. The van der Waals surface area contributed by atoms with Gasteiger partial charge < -0.3 is 14.2 Å². The van der Waals surface area contributed by atoms with Crippen LogP contribution in [-0.2, 0) is 13.6 Å². The average Bonchev–Trinajstić information content (AvgIpc) is 2.03. The maximum absolute atomic E-state index is 12.0. The van der Waals surface area contributed by atoms with Crippen LogP contribution in [0.1, 0.15) is 27.7 Å². The predicted molar refractivity (Wildman–Crippen MR) is 52.0 cm³/mol. The standard InChI is InChI=1S/C8H19O4P/c1-5-11-13(10,12-6-2)8(4)7(3)9/h7-9H,5-6H2,1-4H3. The fourth-order valence-corrected chi connectivity index (χ4v) is 2.69. The third-order valence-corrected chi connectivity index (χ3v) is 4.48. The number of rotatable bonds is 6. The molecule has 13 heavy (non-hydrogen) atoms. The van der Waals surface area contributed by atoms with E-state index in [1.807, 2.05) is 0 Å². The summed E-state index contributed by atoms with van der Waals surface area (Å²) in [4.78, 5) is 0. The van der Waals surface area contributed by atoms with Gasteiger partial charge in [-0.05, 0) is 27.7 Å². The molecule has 0 aliphatic carbocycles. The van der Waals surface area contributed by atoms with Gasteiger partial charge in [-0.25, -0.2) is 0 Å². The fraction of sp³-hybridized carbons (Fsp3) is 1.00. The maximum Gasteiger partial charge on any atom is 0.336 e. The van der Waals surface area contributed by atoms with Crippen molar-refractivity contribution >= 4 is 7.60 Å². The van der Waals surface area contributed by atoms with Gasteiger partial charge in [-0.2, -0.15) is 0 Å². The normalized spacial score (nSPS) is 17.0. The second-order valence-electron chi connectivity index (χ2n) is 2.86. The largest absolute Gasteiger partial charge is 0.392 e. The van der Waals surface area contributed by atoms with Crippen LogP contribution >= 0.6 is 7.60 Å². The second kappa shape index (κ2) is 5.76. The molecule has 0 heterocycles. The molecule has 0 aliphatic heterocycles. The number of hydrogen-bond donors (Lipinski definition) is 1. The molecule has 5 heteroatoms. The first-order valence-corrected chi connectivity index (χ1v) is 6.16. The highest BCUT2D eigenvalue weighted by Crippen LogP contribution is 2.53. The van der Waals surface area contributed by atoms with Crippen molar-refractivity contribution in [1.82, 2.24) is 0 Å². The van der Waals surface area contributed by atoms with E-state index in [-0.39, 0.29) is 0 Å². The highest BCUT2D eigenvalue weighted by molar-refractivity contribution is 7.54. The van der Waals surface area contributed by atoms with Gasteiger partial charge in [0, 0.05) is 0 Å². The van der Waals surface area contributed by atoms with Gasteiger partial charge in [0.05, 0.1) is 25.0 Å². The zero-order valence-electron chi connectivity index (χ0n) is 8.69. The van der Waals surface area contributed by atoms with E-state index in [0.717, 1.165) is 0 Å². The van der Waals surface area contributed by atoms with Crippen molar-refractivity contribution in [2.45, 2.75) is 39.5 Å². The van der Waals surface area contributed by atoms with E-state index in [2.05, 4.69) is 0 Å². The summed E-state index contributed by atoms with van der Waals surface area (Å²) in [7, 11) is -3.12. The summed E-state index contributed by atoms with van der Waals surface area (Å²) >= 11 is 0. The smallest absolute Gasteiger partial charge is 0.336 e. The molecule has 1 N–H and O–H groups in total. The van der Waals surface area contributed by atoms with E-state index < -0.39 is 19.4 Å². The van der Waals surface area contributed by atoms with Crippen LogP contribution in [0.15, 0.2) is 0 Å².